The first-order chi connectivity index (χ1) is 6.36. The molecule has 0 aromatic heterocycles. The van der Waals surface area contributed by atoms with Gasteiger partial charge < -0.3 is 4.90 Å². The highest BCUT2D eigenvalue weighted by molar-refractivity contribution is 5.77. The molecule has 0 atom stereocenters. The zero-order valence-electron chi connectivity index (χ0n) is 8.22. The highest BCUT2D eigenvalue weighted by Crippen LogP contribution is 2.07. The lowest BCUT2D eigenvalue weighted by Crippen LogP contribution is -3.14. The number of hydrogen-bond acceptors (Lipinski definition) is 1. The summed E-state index contributed by atoms with van der Waals surface area (Å²) in [5.74, 6) is 0.373. The van der Waals surface area contributed by atoms with Crippen LogP contribution in [0.3, 0.4) is 0 Å². The van der Waals surface area contributed by atoms with Crippen LogP contribution in [0.2, 0.25) is 0 Å². The third kappa shape index (κ3) is 2.21. The Morgan fingerprint density at radius 2 is 1.92 bits per heavy atom. The number of hydrogen-bond donors (Lipinski definition) is 1. The maximum atomic E-state index is 11.4. The van der Waals surface area contributed by atoms with Gasteiger partial charge in [0.15, 0.2) is 6.67 Å². The minimum absolute atomic E-state index is 0.373. The third-order valence-electron chi connectivity index (χ3n) is 3.15. The van der Waals surface area contributed by atoms with Crippen molar-refractivity contribution in [1.29, 1.82) is 0 Å². The fraction of sp³-hybridized carbons (Fsp3) is 0.900. The smallest absolute Gasteiger partial charge is 0.226 e. The second-order valence-electron chi connectivity index (χ2n) is 4.23. The molecule has 0 saturated carbocycles. The van der Waals surface area contributed by atoms with E-state index >= 15 is 0 Å². The summed E-state index contributed by atoms with van der Waals surface area (Å²) in [5.41, 5.74) is 0. The molecule has 0 aliphatic carbocycles. The van der Waals surface area contributed by atoms with Crippen LogP contribution in [0.4, 0.5) is 0 Å². The zero-order valence-corrected chi connectivity index (χ0v) is 8.22. The van der Waals surface area contributed by atoms with Gasteiger partial charge >= 0.3 is 0 Å². The Balaban J connectivity index is 1.79. The van der Waals surface area contributed by atoms with Gasteiger partial charge in [-0.1, -0.05) is 0 Å². The molecule has 0 spiro atoms. The fourth-order valence-electron chi connectivity index (χ4n) is 2.35. The van der Waals surface area contributed by atoms with Gasteiger partial charge in [0.25, 0.3) is 0 Å². The van der Waals surface area contributed by atoms with Crippen LogP contribution in [0.5, 0.6) is 0 Å². The van der Waals surface area contributed by atoms with Crippen molar-refractivity contribution in [3.63, 3.8) is 0 Å². The Kier molecular flexibility index (Phi) is 2.83. The molecule has 3 heteroatoms. The predicted molar refractivity (Wildman–Crippen MR) is 50.4 cm³/mol. The van der Waals surface area contributed by atoms with Gasteiger partial charge in [0.05, 0.1) is 13.1 Å². The number of piperidine rings is 1. The minimum Gasteiger partial charge on any atom is -0.318 e. The Labute approximate surface area is 79.7 Å². The third-order valence-corrected chi connectivity index (χ3v) is 3.15. The van der Waals surface area contributed by atoms with E-state index in [-0.39, 0.29) is 0 Å². The molecule has 1 amide bonds. The second kappa shape index (κ2) is 4.09. The molecule has 2 heterocycles. The Hall–Kier alpha value is -0.570. The highest BCUT2D eigenvalue weighted by Gasteiger charge is 2.24. The van der Waals surface area contributed by atoms with E-state index in [9.17, 15) is 4.79 Å². The van der Waals surface area contributed by atoms with Crippen molar-refractivity contribution >= 4 is 5.91 Å². The van der Waals surface area contributed by atoms with E-state index in [1.165, 1.54) is 32.4 Å². The topological polar surface area (TPSA) is 24.8 Å². The number of nitrogens with one attached hydrogen (secondary N) is 1. The first-order valence-corrected chi connectivity index (χ1v) is 5.47. The van der Waals surface area contributed by atoms with Crippen LogP contribution < -0.4 is 4.90 Å². The minimum atomic E-state index is 0.373. The van der Waals surface area contributed by atoms with Crippen LogP contribution in [0.25, 0.3) is 0 Å². The van der Waals surface area contributed by atoms with Crippen LogP contribution in [0.1, 0.15) is 32.1 Å². The molecule has 2 saturated heterocycles. The van der Waals surface area contributed by atoms with E-state index in [1.54, 1.807) is 4.90 Å². The van der Waals surface area contributed by atoms with Crippen molar-refractivity contribution < 1.29 is 9.69 Å². The van der Waals surface area contributed by atoms with Crippen molar-refractivity contribution in [2.24, 2.45) is 0 Å². The van der Waals surface area contributed by atoms with Gasteiger partial charge in [-0.15, -0.1) is 0 Å². The van der Waals surface area contributed by atoms with Crippen LogP contribution in [-0.2, 0) is 4.79 Å². The van der Waals surface area contributed by atoms with Gasteiger partial charge in [0.2, 0.25) is 5.91 Å². The van der Waals surface area contributed by atoms with Crippen molar-refractivity contribution in [3.8, 4) is 0 Å². The number of carbonyl (C=O) groups excluding carboxylic acids is 1. The van der Waals surface area contributed by atoms with Crippen LogP contribution >= 0.6 is 0 Å². The van der Waals surface area contributed by atoms with Gasteiger partial charge in [0, 0.05) is 13.0 Å². The molecule has 2 aliphatic rings. The molecule has 2 aliphatic heterocycles. The summed E-state index contributed by atoms with van der Waals surface area (Å²) in [6, 6.07) is 0. The molecule has 0 aromatic carbocycles. The number of amides is 1. The van der Waals surface area contributed by atoms with Crippen molar-refractivity contribution in [3.05, 3.63) is 0 Å². The molecule has 2 fully saturated rings. The summed E-state index contributed by atoms with van der Waals surface area (Å²) in [4.78, 5) is 15.0. The number of rotatable bonds is 2. The quantitative estimate of drug-likeness (QED) is 0.621. The van der Waals surface area contributed by atoms with Crippen LogP contribution in [0, 0.1) is 0 Å². The maximum absolute atomic E-state index is 11.4. The summed E-state index contributed by atoms with van der Waals surface area (Å²) in [7, 11) is 0. The SMILES string of the molecule is O=C1CCCN1C[NH+]1CCCCC1. The predicted octanol–water partition coefficient (Wildman–Crippen LogP) is -0.365. The van der Waals surface area contributed by atoms with Gasteiger partial charge in [-0.25, -0.2) is 0 Å². The average Bonchev–Trinajstić information content (AvgIpc) is 2.54. The lowest BCUT2D eigenvalue weighted by Gasteiger charge is -2.27. The van der Waals surface area contributed by atoms with Gasteiger partial charge in [-0.05, 0) is 25.7 Å². The molecular weight excluding hydrogens is 164 g/mol. The van der Waals surface area contributed by atoms with Crippen LogP contribution in [0.15, 0.2) is 0 Å². The summed E-state index contributed by atoms with van der Waals surface area (Å²) in [5, 5.41) is 0. The summed E-state index contributed by atoms with van der Waals surface area (Å²) in [6.45, 7) is 4.51. The summed E-state index contributed by atoms with van der Waals surface area (Å²) < 4.78 is 0. The highest BCUT2D eigenvalue weighted by atomic mass is 16.2. The van der Waals surface area contributed by atoms with Crippen molar-refractivity contribution in [2.75, 3.05) is 26.3 Å². The normalized spacial score (nSPS) is 25.5. The van der Waals surface area contributed by atoms with Crippen molar-refractivity contribution in [2.45, 2.75) is 32.1 Å². The molecule has 0 unspecified atom stereocenters. The first kappa shape index (κ1) is 9.00. The summed E-state index contributed by atoms with van der Waals surface area (Å²) >= 11 is 0. The Bertz CT molecular complexity index is 187. The summed E-state index contributed by atoms with van der Waals surface area (Å²) in [6.07, 6.45) is 5.94. The lowest BCUT2D eigenvalue weighted by atomic mass is 10.1. The van der Waals surface area contributed by atoms with E-state index < -0.39 is 0 Å². The number of nitrogens with zero attached hydrogens (tertiary/aromatic N) is 1. The van der Waals surface area contributed by atoms with E-state index in [4.69, 9.17) is 0 Å². The maximum Gasteiger partial charge on any atom is 0.226 e. The molecule has 0 aromatic rings. The number of quaternary nitrogens is 1. The first-order valence-electron chi connectivity index (χ1n) is 5.47. The Morgan fingerprint density at radius 3 is 2.54 bits per heavy atom. The molecule has 3 nitrogen and oxygen atoms in total. The van der Waals surface area contributed by atoms with E-state index in [1.807, 2.05) is 4.90 Å². The van der Waals surface area contributed by atoms with Gasteiger partial charge in [-0.3, -0.25) is 9.69 Å². The molecule has 74 valence electrons. The van der Waals surface area contributed by atoms with Crippen LogP contribution in [-0.4, -0.2) is 37.1 Å². The van der Waals surface area contributed by atoms with E-state index in [0.29, 0.717) is 5.91 Å². The second-order valence-corrected chi connectivity index (χ2v) is 4.23. The van der Waals surface area contributed by atoms with E-state index in [0.717, 1.165) is 26.1 Å². The Morgan fingerprint density at radius 1 is 1.15 bits per heavy atom. The molecule has 2 rings (SSSR count). The largest absolute Gasteiger partial charge is 0.318 e. The number of likely N-dealkylation sites (tertiary alicyclic amines) is 2. The molecule has 1 N–H and O–H groups in total. The standard InChI is InChI=1S/C10H18N2O/c13-10-5-4-8-12(10)9-11-6-2-1-3-7-11/h1-9H2/p+1. The molecular formula is C10H19N2O+. The van der Waals surface area contributed by atoms with Crippen molar-refractivity contribution in [1.82, 2.24) is 4.90 Å². The molecule has 0 radical (unpaired) electrons. The van der Waals surface area contributed by atoms with Gasteiger partial charge in [-0.2, -0.15) is 0 Å². The lowest BCUT2D eigenvalue weighted by molar-refractivity contribution is -0.913. The monoisotopic (exact) mass is 183 g/mol. The molecule has 13 heavy (non-hydrogen) atoms. The molecule has 0 bridgehead atoms. The average molecular weight is 183 g/mol. The van der Waals surface area contributed by atoms with E-state index in [2.05, 4.69) is 0 Å². The number of carbonyl (C=O) groups is 1. The zero-order chi connectivity index (χ0) is 9.10. The fourth-order valence-corrected chi connectivity index (χ4v) is 2.35. The van der Waals surface area contributed by atoms with Gasteiger partial charge in [0.1, 0.15) is 0 Å².